The van der Waals surface area contributed by atoms with Crippen LogP contribution in [0, 0.1) is 11.3 Å². The summed E-state index contributed by atoms with van der Waals surface area (Å²) in [7, 11) is 0. The summed E-state index contributed by atoms with van der Waals surface area (Å²) in [6, 6.07) is 9.25. The van der Waals surface area contributed by atoms with Crippen molar-refractivity contribution in [3.63, 3.8) is 0 Å². The van der Waals surface area contributed by atoms with Crippen molar-refractivity contribution in [3.05, 3.63) is 29.8 Å². The highest BCUT2D eigenvalue weighted by molar-refractivity contribution is 5.83. The molecule has 96 valence electrons. The van der Waals surface area contributed by atoms with Crippen LogP contribution in [0.25, 0.3) is 0 Å². The largest absolute Gasteiger partial charge is 0.479 e. The topological polar surface area (TPSA) is 88.1 Å². The van der Waals surface area contributed by atoms with Crippen LogP contribution in [0.3, 0.4) is 0 Å². The Morgan fingerprint density at radius 3 is 2.89 bits per heavy atom. The number of carbonyl (C=O) groups excluding carboxylic acids is 1. The second-order valence-corrected chi connectivity index (χ2v) is 4.44. The Morgan fingerprint density at radius 1 is 1.56 bits per heavy atom. The summed E-state index contributed by atoms with van der Waals surface area (Å²) >= 11 is 0. The Bertz CT molecular complexity index is 464. The highest BCUT2D eigenvalue weighted by Gasteiger charge is 2.23. The molecule has 18 heavy (non-hydrogen) atoms. The number of nitriles is 1. The number of benzene rings is 1. The molecule has 0 heterocycles. The van der Waals surface area contributed by atoms with Gasteiger partial charge in [0, 0.05) is 6.54 Å². The van der Waals surface area contributed by atoms with Crippen LogP contribution < -0.4 is 15.8 Å². The van der Waals surface area contributed by atoms with Crippen molar-refractivity contribution in [1.29, 1.82) is 5.26 Å². The summed E-state index contributed by atoms with van der Waals surface area (Å²) in [5.41, 5.74) is 5.47. The lowest BCUT2D eigenvalue weighted by atomic mass is 10.0. The molecule has 1 aromatic rings. The highest BCUT2D eigenvalue weighted by atomic mass is 16.5. The van der Waals surface area contributed by atoms with Gasteiger partial charge in [-0.15, -0.1) is 0 Å². The molecule has 5 heteroatoms. The van der Waals surface area contributed by atoms with Crippen LogP contribution in [0.5, 0.6) is 5.75 Å². The average Bonchev–Trinajstić information content (AvgIpc) is 2.34. The molecular weight excluding hydrogens is 230 g/mol. The summed E-state index contributed by atoms with van der Waals surface area (Å²) in [5.74, 6) is 0.229. The summed E-state index contributed by atoms with van der Waals surface area (Å²) < 4.78 is 5.19. The van der Waals surface area contributed by atoms with Gasteiger partial charge in [-0.3, -0.25) is 10.1 Å². The van der Waals surface area contributed by atoms with Gasteiger partial charge in [0.2, 0.25) is 5.91 Å². The zero-order valence-electron chi connectivity index (χ0n) is 10.6. The average molecular weight is 247 g/mol. The Morgan fingerprint density at radius 2 is 2.28 bits per heavy atom. The van der Waals surface area contributed by atoms with Crippen LogP contribution in [-0.4, -0.2) is 18.1 Å². The van der Waals surface area contributed by atoms with Gasteiger partial charge in [-0.2, -0.15) is 5.26 Å². The minimum atomic E-state index is -0.760. The monoisotopic (exact) mass is 247 g/mol. The molecular formula is C13H17N3O2. The van der Waals surface area contributed by atoms with E-state index in [4.69, 9.17) is 15.7 Å². The van der Waals surface area contributed by atoms with Gasteiger partial charge in [0.1, 0.15) is 11.8 Å². The number of nitrogens with two attached hydrogens (primary N) is 1. The first-order valence-corrected chi connectivity index (χ1v) is 5.59. The molecule has 0 aliphatic heterocycles. The van der Waals surface area contributed by atoms with Gasteiger partial charge in [0.05, 0.1) is 5.54 Å². The van der Waals surface area contributed by atoms with Crippen LogP contribution >= 0.6 is 0 Å². The molecule has 0 unspecified atom stereocenters. The molecule has 0 saturated heterocycles. The maximum absolute atomic E-state index is 11.1. The third-order valence-electron chi connectivity index (χ3n) is 2.55. The Kier molecular flexibility index (Phi) is 4.69. The minimum Gasteiger partial charge on any atom is -0.479 e. The van der Waals surface area contributed by atoms with Gasteiger partial charge in [0.25, 0.3) is 0 Å². The van der Waals surface area contributed by atoms with Gasteiger partial charge >= 0.3 is 0 Å². The fourth-order valence-electron chi connectivity index (χ4n) is 1.27. The van der Waals surface area contributed by atoms with Crippen LogP contribution in [0.4, 0.5) is 0 Å². The number of nitrogens with zero attached hydrogens (tertiary/aromatic N) is 1. The summed E-state index contributed by atoms with van der Waals surface area (Å²) in [4.78, 5) is 11.1. The van der Waals surface area contributed by atoms with Gasteiger partial charge in [-0.05, 0) is 31.5 Å². The summed E-state index contributed by atoms with van der Waals surface area (Å²) in [6.45, 7) is 3.97. The van der Waals surface area contributed by atoms with E-state index in [-0.39, 0.29) is 6.61 Å². The number of rotatable bonds is 6. The van der Waals surface area contributed by atoms with E-state index in [2.05, 4.69) is 5.32 Å². The van der Waals surface area contributed by atoms with E-state index in [1.807, 2.05) is 24.3 Å². The predicted octanol–water partition coefficient (Wildman–Crippen LogP) is 0.942. The van der Waals surface area contributed by atoms with Gasteiger partial charge in [0.15, 0.2) is 6.61 Å². The number of primary amides is 1. The molecule has 0 saturated carbocycles. The van der Waals surface area contributed by atoms with Crippen molar-refractivity contribution in [2.24, 2.45) is 5.73 Å². The first-order chi connectivity index (χ1) is 8.45. The summed E-state index contributed by atoms with van der Waals surface area (Å²) in [5, 5.41) is 11.5. The molecule has 3 N–H and O–H groups in total. The van der Waals surface area contributed by atoms with Crippen molar-refractivity contribution in [2.75, 3.05) is 6.61 Å². The Hall–Kier alpha value is -2.06. The van der Waals surface area contributed by atoms with E-state index in [9.17, 15) is 4.79 Å². The zero-order valence-corrected chi connectivity index (χ0v) is 10.6. The first kappa shape index (κ1) is 14.0. The Labute approximate surface area is 107 Å². The van der Waals surface area contributed by atoms with Gasteiger partial charge in [-0.25, -0.2) is 0 Å². The Balaban J connectivity index is 2.63. The molecule has 1 aromatic carbocycles. The fourth-order valence-corrected chi connectivity index (χ4v) is 1.27. The fraction of sp³-hybridized carbons (Fsp3) is 0.385. The molecule has 0 aliphatic rings. The molecule has 0 fully saturated rings. The van der Waals surface area contributed by atoms with Crippen molar-refractivity contribution in [3.8, 4) is 11.8 Å². The molecule has 0 radical (unpaired) electrons. The lowest BCUT2D eigenvalue weighted by Gasteiger charge is -2.22. The quantitative estimate of drug-likeness (QED) is 0.783. The third kappa shape index (κ3) is 4.07. The van der Waals surface area contributed by atoms with Gasteiger partial charge in [-0.1, -0.05) is 12.1 Å². The zero-order chi connectivity index (χ0) is 13.6. The third-order valence-corrected chi connectivity index (χ3v) is 2.55. The smallest absolute Gasteiger partial charge is 0.237 e. The van der Waals surface area contributed by atoms with Crippen LogP contribution in [0.15, 0.2) is 24.3 Å². The van der Waals surface area contributed by atoms with Crippen LogP contribution in [-0.2, 0) is 11.3 Å². The molecule has 1 rings (SSSR count). The maximum atomic E-state index is 11.1. The minimum absolute atomic E-state index is 0.0175. The lowest BCUT2D eigenvalue weighted by molar-refractivity contribution is -0.123. The predicted molar refractivity (Wildman–Crippen MR) is 67.7 cm³/mol. The second-order valence-electron chi connectivity index (χ2n) is 4.44. The number of ether oxygens (including phenoxy) is 1. The summed E-state index contributed by atoms with van der Waals surface area (Å²) in [6.07, 6.45) is 0. The van der Waals surface area contributed by atoms with E-state index in [0.29, 0.717) is 12.3 Å². The van der Waals surface area contributed by atoms with E-state index in [0.717, 1.165) is 5.56 Å². The normalized spacial score (nSPS) is 10.7. The number of carbonyl (C=O) groups is 1. The molecule has 1 amide bonds. The first-order valence-electron chi connectivity index (χ1n) is 5.59. The second kappa shape index (κ2) is 6.03. The van der Waals surface area contributed by atoms with E-state index >= 15 is 0 Å². The number of hydrogen-bond donors (Lipinski definition) is 2. The molecule has 0 spiro atoms. The SMILES string of the molecule is CC(C)(NCc1cccc(OCC#N)c1)C(N)=O. The number of hydrogen-bond acceptors (Lipinski definition) is 4. The molecule has 0 aliphatic carbocycles. The molecule has 5 nitrogen and oxygen atoms in total. The van der Waals surface area contributed by atoms with Crippen molar-refractivity contribution in [2.45, 2.75) is 25.9 Å². The van der Waals surface area contributed by atoms with Crippen molar-refractivity contribution < 1.29 is 9.53 Å². The standard InChI is InChI=1S/C13H17N3O2/c1-13(2,12(15)17)16-9-10-4-3-5-11(8-10)18-7-6-14/h3-5,8,16H,7,9H2,1-2H3,(H2,15,17). The van der Waals surface area contributed by atoms with Gasteiger partial charge < -0.3 is 10.5 Å². The van der Waals surface area contributed by atoms with Crippen molar-refractivity contribution in [1.82, 2.24) is 5.32 Å². The van der Waals surface area contributed by atoms with E-state index in [1.54, 1.807) is 19.9 Å². The van der Waals surface area contributed by atoms with Crippen LogP contribution in [0.1, 0.15) is 19.4 Å². The number of amides is 1. The molecule has 0 bridgehead atoms. The van der Waals surface area contributed by atoms with Crippen molar-refractivity contribution >= 4 is 5.91 Å². The highest BCUT2D eigenvalue weighted by Crippen LogP contribution is 2.14. The number of nitrogens with one attached hydrogen (secondary N) is 1. The molecule has 0 aromatic heterocycles. The lowest BCUT2D eigenvalue weighted by Crippen LogP contribution is -2.50. The van der Waals surface area contributed by atoms with E-state index < -0.39 is 11.4 Å². The van der Waals surface area contributed by atoms with E-state index in [1.165, 1.54) is 0 Å². The van der Waals surface area contributed by atoms with Crippen LogP contribution in [0.2, 0.25) is 0 Å². The maximum Gasteiger partial charge on any atom is 0.237 e. The molecule has 0 atom stereocenters.